The number of anilines is 1. The monoisotopic (exact) mass is 562 g/mol. The van der Waals surface area contributed by atoms with E-state index in [1.165, 1.54) is 39.9 Å². The van der Waals surface area contributed by atoms with Gasteiger partial charge >= 0.3 is 12.3 Å². The zero-order valence-electron chi connectivity index (χ0n) is 21.8. The fraction of sp³-hybridized carbons (Fsp3) is 0.346. The van der Waals surface area contributed by atoms with E-state index < -0.39 is 36.2 Å². The van der Waals surface area contributed by atoms with Gasteiger partial charge in [-0.05, 0) is 49.1 Å². The van der Waals surface area contributed by atoms with Crippen LogP contribution in [-0.4, -0.2) is 68.8 Å². The fourth-order valence-electron chi connectivity index (χ4n) is 3.85. The molecule has 3 amide bonds. The molecule has 1 atom stereocenters. The number of carbonyl (C=O) groups excluding carboxylic acids is 2. The molecule has 2 heterocycles. The molecule has 0 saturated carbocycles. The maximum Gasteiger partial charge on any atom is 0.405 e. The van der Waals surface area contributed by atoms with E-state index in [0.29, 0.717) is 22.4 Å². The Morgan fingerprint density at radius 2 is 1.95 bits per heavy atom. The Morgan fingerprint density at radius 3 is 2.62 bits per heavy atom. The lowest BCUT2D eigenvalue weighted by Crippen LogP contribution is -2.44. The van der Waals surface area contributed by atoms with E-state index in [0.717, 1.165) is 0 Å². The van der Waals surface area contributed by atoms with Crippen LogP contribution in [0.4, 0.5) is 23.7 Å². The highest BCUT2D eigenvalue weighted by atomic mass is 19.4. The number of H-pyrrole nitrogens is 1. The number of nitrogens with one attached hydrogen (secondary N) is 3. The van der Waals surface area contributed by atoms with Crippen molar-refractivity contribution in [2.45, 2.75) is 44.4 Å². The van der Waals surface area contributed by atoms with Crippen molar-refractivity contribution in [1.29, 1.82) is 0 Å². The molecule has 40 heavy (non-hydrogen) atoms. The molecule has 4 N–H and O–H groups in total. The summed E-state index contributed by atoms with van der Waals surface area (Å²) < 4.78 is 39.4. The molecule has 3 aromatic rings. The molecule has 0 aliphatic heterocycles. The first-order valence-electron chi connectivity index (χ1n) is 12.2. The number of pyridine rings is 1. The molecule has 0 aliphatic carbocycles. The summed E-state index contributed by atoms with van der Waals surface area (Å²) in [6.45, 7) is -0.0581. The maximum atomic E-state index is 13.0. The highest BCUT2D eigenvalue weighted by Crippen LogP contribution is 2.25. The summed E-state index contributed by atoms with van der Waals surface area (Å²) >= 11 is 0. The molecule has 214 valence electrons. The SMILES string of the molecule is CN(C)C(=O)C=CCCC(NC(=O)O)C(=O)Nc1cccn(Cc2nc3c(CCC(F)(F)F)cccc3[nH]2)c1=O. The first kappa shape index (κ1) is 29.9. The summed E-state index contributed by atoms with van der Waals surface area (Å²) in [5.74, 6) is -0.703. The van der Waals surface area contributed by atoms with Crippen molar-refractivity contribution in [2.75, 3.05) is 19.4 Å². The van der Waals surface area contributed by atoms with E-state index in [2.05, 4.69) is 20.6 Å². The zero-order valence-corrected chi connectivity index (χ0v) is 21.8. The van der Waals surface area contributed by atoms with Crippen molar-refractivity contribution in [3.05, 3.63) is 70.4 Å². The minimum atomic E-state index is -4.31. The summed E-state index contributed by atoms with van der Waals surface area (Å²) in [6.07, 6.45) is -2.43. The van der Waals surface area contributed by atoms with Crippen LogP contribution < -0.4 is 16.2 Å². The van der Waals surface area contributed by atoms with Gasteiger partial charge in [0.1, 0.15) is 17.6 Å². The van der Waals surface area contributed by atoms with Gasteiger partial charge < -0.3 is 30.2 Å². The quantitative estimate of drug-likeness (QED) is 0.264. The number of aromatic nitrogens is 3. The number of hydrogen-bond donors (Lipinski definition) is 4. The van der Waals surface area contributed by atoms with Crippen molar-refractivity contribution >= 4 is 34.6 Å². The number of halogens is 3. The van der Waals surface area contributed by atoms with Crippen molar-refractivity contribution < 1.29 is 32.7 Å². The Bertz CT molecular complexity index is 1460. The number of nitrogens with zero attached hydrogens (tertiary/aromatic N) is 3. The number of alkyl halides is 3. The van der Waals surface area contributed by atoms with Crippen LogP contribution in [0.3, 0.4) is 0 Å². The number of hydrogen-bond acceptors (Lipinski definition) is 5. The Kier molecular flexibility index (Phi) is 9.69. The van der Waals surface area contributed by atoms with Gasteiger partial charge in [0, 0.05) is 26.7 Å². The van der Waals surface area contributed by atoms with E-state index >= 15 is 0 Å². The molecular formula is C26H29F3N6O5. The molecule has 14 heteroatoms. The maximum absolute atomic E-state index is 13.0. The van der Waals surface area contributed by atoms with E-state index in [1.807, 2.05) is 0 Å². The first-order valence-corrected chi connectivity index (χ1v) is 12.2. The normalized spacial score (nSPS) is 12.4. The summed E-state index contributed by atoms with van der Waals surface area (Å²) in [6, 6.07) is 6.52. The third kappa shape index (κ3) is 8.44. The summed E-state index contributed by atoms with van der Waals surface area (Å²) in [5, 5.41) is 13.7. The summed E-state index contributed by atoms with van der Waals surface area (Å²) in [4.78, 5) is 57.4. The van der Waals surface area contributed by atoms with E-state index in [-0.39, 0.29) is 37.4 Å². The Morgan fingerprint density at radius 1 is 1.20 bits per heavy atom. The van der Waals surface area contributed by atoms with Gasteiger partial charge in [-0.25, -0.2) is 9.78 Å². The van der Waals surface area contributed by atoms with E-state index in [9.17, 15) is 32.3 Å². The number of aromatic amines is 1. The Balaban J connectivity index is 1.74. The smallest absolute Gasteiger partial charge is 0.405 e. The molecule has 1 aromatic carbocycles. The molecule has 1 unspecified atom stereocenters. The molecule has 0 spiro atoms. The average molecular weight is 563 g/mol. The number of fused-ring (bicyclic) bond motifs is 1. The lowest BCUT2D eigenvalue weighted by Gasteiger charge is -2.16. The van der Waals surface area contributed by atoms with Gasteiger partial charge in [0.2, 0.25) is 11.8 Å². The van der Waals surface area contributed by atoms with Crippen LogP contribution in [0.25, 0.3) is 11.0 Å². The number of carbonyl (C=O) groups is 3. The van der Waals surface area contributed by atoms with Crippen LogP contribution in [0.1, 0.15) is 30.7 Å². The van der Waals surface area contributed by atoms with E-state index in [1.54, 1.807) is 32.3 Å². The van der Waals surface area contributed by atoms with Gasteiger partial charge in [0.05, 0.1) is 17.6 Å². The van der Waals surface area contributed by atoms with E-state index in [4.69, 9.17) is 5.11 Å². The highest BCUT2D eigenvalue weighted by Gasteiger charge is 2.27. The van der Waals surface area contributed by atoms with Gasteiger partial charge in [0.25, 0.3) is 5.56 Å². The van der Waals surface area contributed by atoms with Crippen molar-refractivity contribution in [3.63, 3.8) is 0 Å². The minimum absolute atomic E-state index is 0.0338. The molecule has 0 aliphatic rings. The molecular weight excluding hydrogens is 533 g/mol. The third-order valence-electron chi connectivity index (χ3n) is 5.86. The van der Waals surface area contributed by atoms with Crippen LogP contribution in [0.15, 0.2) is 53.5 Å². The molecule has 0 fully saturated rings. The van der Waals surface area contributed by atoms with Crippen LogP contribution >= 0.6 is 0 Å². The largest absolute Gasteiger partial charge is 0.465 e. The van der Waals surface area contributed by atoms with Gasteiger partial charge in [-0.1, -0.05) is 18.2 Å². The number of carboxylic acid groups (broad SMARTS) is 1. The van der Waals surface area contributed by atoms with Crippen LogP contribution in [0.2, 0.25) is 0 Å². The van der Waals surface area contributed by atoms with Crippen molar-refractivity contribution in [1.82, 2.24) is 24.8 Å². The number of likely N-dealkylation sites (N-methyl/N-ethyl adjacent to an activating group) is 1. The summed E-state index contributed by atoms with van der Waals surface area (Å²) in [5.41, 5.74) is 0.618. The Hall–Kier alpha value is -4.62. The highest BCUT2D eigenvalue weighted by molar-refractivity contribution is 5.96. The Labute approximate surface area is 226 Å². The standard InChI is InChI=1S/C26H29F3N6O5/c1-34(2)21(36)11-4-3-8-18(32-25(39)40)23(37)31-19-10-6-14-35(24(19)38)15-20-30-17-9-5-7-16(22(17)33-20)12-13-26(27,28)29/h4-7,9-11,14,18,32H,3,8,12-13,15H2,1-2H3,(H,30,33)(H,31,37)(H,39,40). The second-order valence-corrected chi connectivity index (χ2v) is 9.17. The van der Waals surface area contributed by atoms with Crippen LogP contribution in [0.5, 0.6) is 0 Å². The van der Waals surface area contributed by atoms with Gasteiger partial charge in [0.15, 0.2) is 0 Å². The van der Waals surface area contributed by atoms with Crippen LogP contribution in [-0.2, 0) is 22.6 Å². The average Bonchev–Trinajstić information content (AvgIpc) is 3.29. The lowest BCUT2D eigenvalue weighted by atomic mass is 10.1. The summed E-state index contributed by atoms with van der Waals surface area (Å²) in [7, 11) is 3.15. The van der Waals surface area contributed by atoms with Crippen LogP contribution in [0, 0.1) is 0 Å². The zero-order chi connectivity index (χ0) is 29.4. The molecule has 3 rings (SSSR count). The van der Waals surface area contributed by atoms with Gasteiger partial charge in [-0.15, -0.1) is 0 Å². The van der Waals surface area contributed by atoms with Gasteiger partial charge in [-0.3, -0.25) is 14.4 Å². The minimum Gasteiger partial charge on any atom is -0.465 e. The first-order chi connectivity index (χ1) is 18.8. The molecule has 11 nitrogen and oxygen atoms in total. The number of rotatable bonds is 11. The molecule has 0 bridgehead atoms. The van der Waals surface area contributed by atoms with Gasteiger partial charge in [-0.2, -0.15) is 13.2 Å². The number of imidazole rings is 1. The predicted octanol–water partition coefficient (Wildman–Crippen LogP) is 3.27. The number of amides is 3. The number of benzene rings is 1. The lowest BCUT2D eigenvalue weighted by molar-refractivity contribution is -0.134. The second kappa shape index (κ2) is 13.0. The second-order valence-electron chi connectivity index (χ2n) is 9.17. The van der Waals surface area contributed by atoms with Crippen molar-refractivity contribution in [3.8, 4) is 0 Å². The number of aryl methyl sites for hydroxylation is 1. The number of allylic oxidation sites excluding steroid dienone is 1. The molecule has 0 saturated heterocycles. The number of para-hydroxylation sites is 1. The molecule has 2 aromatic heterocycles. The predicted molar refractivity (Wildman–Crippen MR) is 141 cm³/mol. The molecule has 0 radical (unpaired) electrons. The van der Waals surface area contributed by atoms with Crippen molar-refractivity contribution in [2.24, 2.45) is 0 Å². The third-order valence-corrected chi connectivity index (χ3v) is 5.86. The fourth-order valence-corrected chi connectivity index (χ4v) is 3.85. The topological polar surface area (TPSA) is 149 Å².